The fourth-order valence-electron chi connectivity index (χ4n) is 2.33. The second-order valence-electron chi connectivity index (χ2n) is 4.66. The highest BCUT2D eigenvalue weighted by Crippen LogP contribution is 2.65. The van der Waals surface area contributed by atoms with E-state index in [1.54, 1.807) is 32.0 Å². The molecule has 0 amide bonds. The molecule has 0 spiro atoms. The summed E-state index contributed by atoms with van der Waals surface area (Å²) in [6.07, 6.45) is 0. The Labute approximate surface area is 142 Å². The van der Waals surface area contributed by atoms with Crippen LogP contribution in [-0.4, -0.2) is 27.4 Å². The summed E-state index contributed by atoms with van der Waals surface area (Å²) in [4.78, 5) is 0. The van der Waals surface area contributed by atoms with Gasteiger partial charge in [0, 0.05) is 5.56 Å². The topological polar surface area (TPSA) is 102 Å². The van der Waals surface area contributed by atoms with Crippen LogP contribution in [0.2, 0.25) is 0 Å². The minimum atomic E-state index is -3.79. The third-order valence-electron chi connectivity index (χ3n) is 3.31. The molecule has 0 aliphatic rings. The molecule has 0 aliphatic heterocycles. The van der Waals surface area contributed by atoms with Crippen LogP contribution < -0.4 is 9.47 Å². The van der Waals surface area contributed by atoms with Gasteiger partial charge in [-0.15, -0.1) is 0 Å². The average Bonchev–Trinajstić information content (AvgIpc) is 2.59. The van der Waals surface area contributed by atoms with E-state index in [1.165, 1.54) is 14.2 Å². The van der Waals surface area contributed by atoms with E-state index >= 15 is 0 Å². The Morgan fingerprint density at radius 3 is 2.08 bits per heavy atom. The molecule has 0 fully saturated rings. The van der Waals surface area contributed by atoms with Gasteiger partial charge in [0.15, 0.2) is 5.92 Å². The van der Waals surface area contributed by atoms with Gasteiger partial charge in [0.25, 0.3) is 0 Å². The van der Waals surface area contributed by atoms with Crippen molar-refractivity contribution in [1.29, 1.82) is 10.5 Å². The number of hydrogen-bond donors (Lipinski definition) is 0. The van der Waals surface area contributed by atoms with Crippen molar-refractivity contribution in [3.8, 4) is 23.6 Å². The van der Waals surface area contributed by atoms with Gasteiger partial charge in [-0.1, -0.05) is 0 Å². The average molecular weight is 352 g/mol. The van der Waals surface area contributed by atoms with Crippen LogP contribution in [0.25, 0.3) is 0 Å². The van der Waals surface area contributed by atoms with Crippen molar-refractivity contribution in [1.82, 2.24) is 0 Å². The van der Waals surface area contributed by atoms with Gasteiger partial charge in [0.05, 0.1) is 39.6 Å². The first-order valence-electron chi connectivity index (χ1n) is 7.41. The molecule has 0 saturated heterocycles. The summed E-state index contributed by atoms with van der Waals surface area (Å²) in [6.45, 7) is 3.56. The molecule has 1 aromatic carbocycles. The Morgan fingerprint density at radius 1 is 1.08 bits per heavy atom. The summed E-state index contributed by atoms with van der Waals surface area (Å²) >= 11 is 0. The van der Waals surface area contributed by atoms with Gasteiger partial charge < -0.3 is 18.5 Å². The highest BCUT2D eigenvalue weighted by Gasteiger charge is 2.44. The molecule has 0 aliphatic carbocycles. The lowest BCUT2D eigenvalue weighted by Crippen LogP contribution is -2.15. The van der Waals surface area contributed by atoms with Gasteiger partial charge in [-0.05, 0) is 32.0 Å². The summed E-state index contributed by atoms with van der Waals surface area (Å²) < 4.78 is 34.6. The maximum Gasteiger partial charge on any atom is 0.340 e. The first kappa shape index (κ1) is 20.0. The summed E-state index contributed by atoms with van der Waals surface area (Å²) in [6, 6.07) is 8.61. The smallest absolute Gasteiger partial charge is 0.340 e. The lowest BCUT2D eigenvalue weighted by Gasteiger charge is -2.28. The van der Waals surface area contributed by atoms with E-state index in [4.69, 9.17) is 18.5 Å². The summed E-state index contributed by atoms with van der Waals surface area (Å²) in [5, 5.41) is 18.7. The zero-order chi connectivity index (χ0) is 18.2. The van der Waals surface area contributed by atoms with E-state index in [0.717, 1.165) is 0 Å². The highest BCUT2D eigenvalue weighted by molar-refractivity contribution is 7.54. The van der Waals surface area contributed by atoms with Crippen LogP contribution in [0.1, 0.15) is 25.1 Å². The number of nitrogens with zero attached hydrogens (tertiary/aromatic N) is 2. The van der Waals surface area contributed by atoms with Gasteiger partial charge in [0.2, 0.25) is 0 Å². The molecule has 1 atom stereocenters. The predicted molar refractivity (Wildman–Crippen MR) is 87.9 cm³/mol. The zero-order valence-electron chi connectivity index (χ0n) is 14.2. The highest BCUT2D eigenvalue weighted by atomic mass is 31.2. The van der Waals surface area contributed by atoms with Crippen molar-refractivity contribution < 1.29 is 23.1 Å². The van der Waals surface area contributed by atoms with Crippen molar-refractivity contribution >= 4 is 7.60 Å². The van der Waals surface area contributed by atoms with Crippen LogP contribution in [0.15, 0.2) is 18.2 Å². The van der Waals surface area contributed by atoms with Gasteiger partial charge in [-0.2, -0.15) is 10.5 Å². The Kier molecular flexibility index (Phi) is 7.74. The standard InChI is InChI=1S/C16H21N2O5P/c1-5-22-24(19,23-6-2)16(12(10-17)11-18)14-9-13(20-3)7-8-15(14)21-4/h7-9,12,16H,5-6H2,1-4H3. The second-order valence-corrected chi connectivity index (χ2v) is 6.82. The Hall–Kier alpha value is -2.05. The van der Waals surface area contributed by atoms with Gasteiger partial charge in [-0.3, -0.25) is 4.57 Å². The first-order valence-corrected chi connectivity index (χ1v) is 9.02. The molecular weight excluding hydrogens is 331 g/mol. The summed E-state index contributed by atoms with van der Waals surface area (Å²) in [5.74, 6) is -0.393. The quantitative estimate of drug-likeness (QED) is 0.625. The fraction of sp³-hybridized carbons (Fsp3) is 0.500. The van der Waals surface area contributed by atoms with Gasteiger partial charge in [-0.25, -0.2) is 0 Å². The fourth-order valence-corrected chi connectivity index (χ4v) is 4.49. The number of nitriles is 2. The first-order chi connectivity index (χ1) is 11.5. The van der Waals surface area contributed by atoms with Crippen molar-refractivity contribution in [2.45, 2.75) is 19.5 Å². The normalized spacial score (nSPS) is 12.3. The van der Waals surface area contributed by atoms with Crippen LogP contribution in [-0.2, 0) is 13.6 Å². The molecule has 0 radical (unpaired) electrons. The largest absolute Gasteiger partial charge is 0.497 e. The van der Waals surface area contributed by atoms with Crippen molar-refractivity contribution in [3.63, 3.8) is 0 Å². The lowest BCUT2D eigenvalue weighted by molar-refractivity contribution is 0.209. The van der Waals surface area contributed by atoms with Crippen LogP contribution in [0.5, 0.6) is 11.5 Å². The van der Waals surface area contributed by atoms with Crippen molar-refractivity contribution in [2.24, 2.45) is 5.92 Å². The second kappa shape index (κ2) is 9.30. The molecule has 0 saturated carbocycles. The SMILES string of the molecule is CCOP(=O)(OCC)C(c1cc(OC)ccc1OC)C(C#N)C#N. The van der Waals surface area contributed by atoms with E-state index in [1.807, 2.05) is 12.1 Å². The number of hydrogen-bond acceptors (Lipinski definition) is 7. The molecule has 130 valence electrons. The molecule has 7 nitrogen and oxygen atoms in total. The maximum absolute atomic E-state index is 13.3. The number of ether oxygens (including phenoxy) is 2. The minimum absolute atomic E-state index is 0.115. The Balaban J connectivity index is 3.63. The maximum atomic E-state index is 13.3. The van der Waals surface area contributed by atoms with E-state index in [2.05, 4.69) is 0 Å². The minimum Gasteiger partial charge on any atom is -0.497 e. The van der Waals surface area contributed by atoms with Crippen LogP contribution in [0, 0.1) is 28.6 Å². The molecule has 0 N–H and O–H groups in total. The monoisotopic (exact) mass is 352 g/mol. The third-order valence-corrected chi connectivity index (χ3v) is 5.80. The van der Waals surface area contributed by atoms with E-state index < -0.39 is 19.2 Å². The molecular formula is C16H21N2O5P. The number of benzene rings is 1. The molecule has 1 aromatic rings. The van der Waals surface area contributed by atoms with E-state index in [0.29, 0.717) is 17.1 Å². The number of rotatable bonds is 9. The van der Waals surface area contributed by atoms with Crippen LogP contribution in [0.3, 0.4) is 0 Å². The molecule has 1 rings (SSSR count). The lowest BCUT2D eigenvalue weighted by atomic mass is 10.00. The molecule has 8 heteroatoms. The summed E-state index contributed by atoms with van der Waals surface area (Å²) in [5.41, 5.74) is -0.743. The van der Waals surface area contributed by atoms with E-state index in [-0.39, 0.29) is 13.2 Å². The molecule has 1 unspecified atom stereocenters. The van der Waals surface area contributed by atoms with Crippen molar-refractivity contribution in [2.75, 3.05) is 27.4 Å². The zero-order valence-corrected chi connectivity index (χ0v) is 15.1. The third kappa shape index (κ3) is 4.27. The molecule has 0 heterocycles. The van der Waals surface area contributed by atoms with Crippen molar-refractivity contribution in [3.05, 3.63) is 23.8 Å². The Bertz CT molecular complexity index is 656. The predicted octanol–water partition coefficient (Wildman–Crippen LogP) is 3.67. The van der Waals surface area contributed by atoms with Gasteiger partial charge >= 0.3 is 7.60 Å². The molecule has 24 heavy (non-hydrogen) atoms. The number of methoxy groups -OCH3 is 2. The Morgan fingerprint density at radius 2 is 1.67 bits per heavy atom. The van der Waals surface area contributed by atoms with E-state index in [9.17, 15) is 15.1 Å². The van der Waals surface area contributed by atoms with Crippen LogP contribution in [0.4, 0.5) is 0 Å². The molecule has 0 bridgehead atoms. The van der Waals surface area contributed by atoms with Crippen LogP contribution >= 0.6 is 7.60 Å². The van der Waals surface area contributed by atoms with Gasteiger partial charge in [0.1, 0.15) is 17.2 Å². The molecule has 0 aromatic heterocycles. The summed E-state index contributed by atoms with van der Waals surface area (Å²) in [7, 11) is -0.861.